The number of aromatic amines is 1. The molecule has 1 aliphatic rings. The Labute approximate surface area is 152 Å². The lowest BCUT2D eigenvalue weighted by Gasteiger charge is -2.27. The average Bonchev–Trinajstić information content (AvgIpc) is 2.68. The maximum atomic E-state index is 13.7. The summed E-state index contributed by atoms with van der Waals surface area (Å²) in [7, 11) is 0. The number of hydrogen-bond donors (Lipinski definition) is 2. The molecule has 1 aliphatic heterocycles. The molecule has 140 valence electrons. The zero-order chi connectivity index (χ0) is 18.4. The molecule has 3 rings (SSSR count). The molecule has 2 heterocycles. The van der Waals surface area contributed by atoms with E-state index in [0.29, 0.717) is 31.6 Å². The van der Waals surface area contributed by atoms with E-state index in [-0.39, 0.29) is 23.9 Å². The molecule has 1 aromatic heterocycles. The van der Waals surface area contributed by atoms with Crippen LogP contribution in [-0.4, -0.2) is 24.5 Å². The van der Waals surface area contributed by atoms with Gasteiger partial charge in [0.05, 0.1) is 13.2 Å². The quantitative estimate of drug-likeness (QED) is 0.794. The number of benzene rings is 1. The molecule has 1 fully saturated rings. The van der Waals surface area contributed by atoms with Crippen LogP contribution >= 0.6 is 0 Å². The van der Waals surface area contributed by atoms with Crippen LogP contribution in [0.3, 0.4) is 0 Å². The lowest BCUT2D eigenvalue weighted by Crippen LogP contribution is -2.32. The Bertz CT molecular complexity index is 744. The van der Waals surface area contributed by atoms with Gasteiger partial charge in [0.25, 0.3) is 5.56 Å². The van der Waals surface area contributed by atoms with Crippen molar-refractivity contribution in [3.63, 3.8) is 0 Å². The van der Waals surface area contributed by atoms with Gasteiger partial charge in [0, 0.05) is 30.3 Å². The molecule has 1 saturated heterocycles. The molecule has 0 radical (unpaired) electrons. The molecule has 1 aromatic carbocycles. The van der Waals surface area contributed by atoms with E-state index in [0.717, 1.165) is 18.2 Å². The number of ether oxygens (including phenoxy) is 2. The monoisotopic (exact) mass is 360 g/mol. The smallest absolute Gasteiger partial charge is 0.252 e. The summed E-state index contributed by atoms with van der Waals surface area (Å²) in [6, 6.07) is 11.0. The van der Waals surface area contributed by atoms with Crippen molar-refractivity contribution in [3.05, 3.63) is 69.9 Å². The summed E-state index contributed by atoms with van der Waals surface area (Å²) in [6.07, 6.45) is 2.94. The summed E-state index contributed by atoms with van der Waals surface area (Å²) in [6.45, 7) is 3.40. The molecule has 0 unspecified atom stereocenters. The highest BCUT2D eigenvalue weighted by Gasteiger charge is 2.22. The highest BCUT2D eigenvalue weighted by Crippen LogP contribution is 2.24. The van der Waals surface area contributed by atoms with Crippen LogP contribution in [0.2, 0.25) is 0 Å². The van der Waals surface area contributed by atoms with Crippen molar-refractivity contribution in [1.82, 2.24) is 10.3 Å². The molecule has 2 N–H and O–H groups in total. The molecule has 0 spiro atoms. The van der Waals surface area contributed by atoms with Gasteiger partial charge in [-0.3, -0.25) is 4.79 Å². The molecule has 0 saturated carbocycles. The SMILES string of the molecule is C[C@@H](N[C@H](CCC1OCCCO1)c1cc(F)c[nH]c1=O)c1ccccc1. The van der Waals surface area contributed by atoms with E-state index >= 15 is 0 Å². The normalized spacial score (nSPS) is 17.8. The van der Waals surface area contributed by atoms with Crippen LogP contribution in [0.5, 0.6) is 0 Å². The standard InChI is InChI=1S/C20H25FN2O3/c1-14(15-6-3-2-4-7-15)23-18(8-9-19-25-10-5-11-26-19)17-12-16(21)13-22-20(17)24/h2-4,6-7,12-14,18-19,23H,5,8-11H2,1H3,(H,22,24)/t14-,18-/m1/s1. The number of halogens is 1. The van der Waals surface area contributed by atoms with Gasteiger partial charge >= 0.3 is 0 Å². The fourth-order valence-electron chi connectivity index (χ4n) is 3.21. The van der Waals surface area contributed by atoms with Crippen LogP contribution in [-0.2, 0) is 9.47 Å². The maximum Gasteiger partial charge on any atom is 0.252 e. The van der Waals surface area contributed by atoms with Gasteiger partial charge < -0.3 is 19.8 Å². The fraction of sp³-hybridized carbons (Fsp3) is 0.450. The first-order valence-electron chi connectivity index (χ1n) is 9.06. The molecule has 2 atom stereocenters. The van der Waals surface area contributed by atoms with Gasteiger partial charge in [0.15, 0.2) is 6.29 Å². The van der Waals surface area contributed by atoms with E-state index in [4.69, 9.17) is 9.47 Å². The molecular formula is C20H25FN2O3. The lowest BCUT2D eigenvalue weighted by molar-refractivity contribution is -0.182. The molecule has 2 aromatic rings. The molecular weight excluding hydrogens is 335 g/mol. The van der Waals surface area contributed by atoms with Crippen molar-refractivity contribution in [1.29, 1.82) is 0 Å². The maximum absolute atomic E-state index is 13.7. The summed E-state index contributed by atoms with van der Waals surface area (Å²) >= 11 is 0. The predicted molar refractivity (Wildman–Crippen MR) is 97.3 cm³/mol. The van der Waals surface area contributed by atoms with Gasteiger partial charge in [-0.05, 0) is 31.4 Å². The number of rotatable bonds is 7. The van der Waals surface area contributed by atoms with E-state index in [2.05, 4.69) is 10.3 Å². The second kappa shape index (κ2) is 9.07. The van der Waals surface area contributed by atoms with Gasteiger partial charge in [0.2, 0.25) is 0 Å². The summed E-state index contributed by atoms with van der Waals surface area (Å²) in [5, 5.41) is 3.46. The van der Waals surface area contributed by atoms with E-state index in [1.165, 1.54) is 6.07 Å². The molecule has 0 amide bonds. The van der Waals surface area contributed by atoms with E-state index < -0.39 is 5.82 Å². The van der Waals surface area contributed by atoms with Gasteiger partial charge in [-0.15, -0.1) is 0 Å². The largest absolute Gasteiger partial charge is 0.353 e. The molecule has 26 heavy (non-hydrogen) atoms. The molecule has 0 bridgehead atoms. The third kappa shape index (κ3) is 5.00. The Balaban J connectivity index is 1.76. The van der Waals surface area contributed by atoms with Crippen molar-refractivity contribution in [2.75, 3.05) is 13.2 Å². The number of nitrogens with one attached hydrogen (secondary N) is 2. The summed E-state index contributed by atoms with van der Waals surface area (Å²) in [5.41, 5.74) is 1.22. The average molecular weight is 360 g/mol. The number of hydrogen-bond acceptors (Lipinski definition) is 4. The number of aromatic nitrogens is 1. The minimum atomic E-state index is -0.455. The van der Waals surface area contributed by atoms with Gasteiger partial charge in [0.1, 0.15) is 5.82 Å². The Kier molecular flexibility index (Phi) is 6.55. The van der Waals surface area contributed by atoms with Crippen LogP contribution in [0.25, 0.3) is 0 Å². The Hall–Kier alpha value is -2.02. The van der Waals surface area contributed by atoms with Crippen LogP contribution in [0.4, 0.5) is 4.39 Å². The van der Waals surface area contributed by atoms with Gasteiger partial charge in [-0.1, -0.05) is 30.3 Å². The molecule has 6 heteroatoms. The number of H-pyrrole nitrogens is 1. The second-order valence-electron chi connectivity index (χ2n) is 6.56. The molecule has 0 aliphatic carbocycles. The van der Waals surface area contributed by atoms with Gasteiger partial charge in [-0.25, -0.2) is 4.39 Å². The van der Waals surface area contributed by atoms with Crippen LogP contribution in [0.1, 0.15) is 49.4 Å². The minimum Gasteiger partial charge on any atom is -0.353 e. The van der Waals surface area contributed by atoms with E-state index in [1.807, 2.05) is 37.3 Å². The zero-order valence-corrected chi connectivity index (χ0v) is 14.9. The van der Waals surface area contributed by atoms with Crippen LogP contribution < -0.4 is 10.9 Å². The highest BCUT2D eigenvalue weighted by molar-refractivity contribution is 5.20. The first-order chi connectivity index (χ1) is 12.6. The fourth-order valence-corrected chi connectivity index (χ4v) is 3.21. The van der Waals surface area contributed by atoms with Gasteiger partial charge in [-0.2, -0.15) is 0 Å². The van der Waals surface area contributed by atoms with Crippen molar-refractivity contribution in [2.45, 2.75) is 44.6 Å². The Morgan fingerprint density at radius 1 is 1.27 bits per heavy atom. The van der Waals surface area contributed by atoms with Crippen molar-refractivity contribution >= 4 is 0 Å². The first-order valence-corrected chi connectivity index (χ1v) is 9.06. The van der Waals surface area contributed by atoms with Crippen LogP contribution in [0.15, 0.2) is 47.4 Å². The number of pyridine rings is 1. The highest BCUT2D eigenvalue weighted by atomic mass is 19.1. The Morgan fingerprint density at radius 3 is 2.73 bits per heavy atom. The van der Waals surface area contributed by atoms with Crippen LogP contribution in [0, 0.1) is 5.82 Å². The van der Waals surface area contributed by atoms with E-state index in [9.17, 15) is 9.18 Å². The zero-order valence-electron chi connectivity index (χ0n) is 14.9. The minimum absolute atomic E-state index is 0.0112. The summed E-state index contributed by atoms with van der Waals surface area (Å²) in [4.78, 5) is 14.7. The third-order valence-electron chi connectivity index (χ3n) is 4.61. The van der Waals surface area contributed by atoms with Crippen molar-refractivity contribution < 1.29 is 13.9 Å². The van der Waals surface area contributed by atoms with Crippen molar-refractivity contribution in [2.24, 2.45) is 0 Å². The predicted octanol–water partition coefficient (Wildman–Crippen LogP) is 3.45. The van der Waals surface area contributed by atoms with E-state index in [1.54, 1.807) is 0 Å². The lowest BCUT2D eigenvalue weighted by atomic mass is 10.00. The topological polar surface area (TPSA) is 63.4 Å². The molecule has 5 nitrogen and oxygen atoms in total. The summed E-state index contributed by atoms with van der Waals surface area (Å²) < 4.78 is 24.9. The van der Waals surface area contributed by atoms with Crippen molar-refractivity contribution in [3.8, 4) is 0 Å². The second-order valence-corrected chi connectivity index (χ2v) is 6.56. The third-order valence-corrected chi connectivity index (χ3v) is 4.61. The first kappa shape index (κ1) is 18.8. The Morgan fingerprint density at radius 2 is 2.00 bits per heavy atom. The summed E-state index contributed by atoms with van der Waals surface area (Å²) in [5.74, 6) is -0.455.